The lowest BCUT2D eigenvalue weighted by Gasteiger charge is -2.41. The number of rotatable bonds is 10. The molecule has 0 bridgehead atoms. The summed E-state index contributed by atoms with van der Waals surface area (Å²) >= 11 is 0. The van der Waals surface area contributed by atoms with Crippen molar-refractivity contribution in [3.63, 3.8) is 0 Å². The van der Waals surface area contributed by atoms with Crippen LogP contribution < -0.4 is 4.74 Å². The zero-order valence-electron chi connectivity index (χ0n) is 21.4. The van der Waals surface area contributed by atoms with Gasteiger partial charge in [0.2, 0.25) is 6.29 Å². The molecule has 0 aromatic heterocycles. The molecular weight excluding hydrogens is 504 g/mol. The Bertz CT molecular complexity index is 1000. The van der Waals surface area contributed by atoms with Gasteiger partial charge < -0.3 is 48.8 Å². The van der Waals surface area contributed by atoms with Crippen molar-refractivity contribution >= 4 is 11.9 Å². The highest BCUT2D eigenvalue weighted by Crippen LogP contribution is 2.36. The van der Waals surface area contributed by atoms with Crippen LogP contribution in [0.5, 0.6) is 5.75 Å². The quantitative estimate of drug-likeness (QED) is 0.232. The Morgan fingerprint density at radius 2 is 1.76 bits per heavy atom. The number of carbonyl (C=O) groups excluding carboxylic acids is 2. The molecular formula is C26H34O12. The molecule has 0 radical (unpaired) electrons. The van der Waals surface area contributed by atoms with E-state index in [1.807, 2.05) is 12.1 Å². The van der Waals surface area contributed by atoms with E-state index in [9.17, 15) is 30.0 Å². The smallest absolute Gasteiger partial charge is 0.337 e. The maximum Gasteiger partial charge on any atom is 0.337 e. The average molecular weight is 539 g/mol. The Labute approximate surface area is 220 Å². The van der Waals surface area contributed by atoms with Crippen LogP contribution in [-0.2, 0) is 39.7 Å². The number of hydrogen-bond donors (Lipinski definition) is 4. The Morgan fingerprint density at radius 1 is 1.05 bits per heavy atom. The standard InChI is InChI=1S/C26H34O12/c1-4-16-17(11-20(28)35-10-9-14-5-7-15(33-2)8-6-14)18(24(32)34-3)13-36-25(16)38-26-23(31)22(30)21(29)19(12-27)37-26/h4-8,13,17,19,21-23,25-27,29-31H,9-12H2,1-3H3/b16-4+/t17-,19+,21+,22-,23+,25-,26-/m0/s1. The second-order valence-electron chi connectivity index (χ2n) is 8.73. The van der Waals surface area contributed by atoms with E-state index in [0.717, 1.165) is 11.8 Å². The number of aliphatic hydroxyl groups excluding tert-OH is 4. The lowest BCUT2D eigenvalue weighted by molar-refractivity contribution is -0.327. The molecule has 2 heterocycles. The summed E-state index contributed by atoms with van der Waals surface area (Å²) in [4.78, 5) is 25.2. The Kier molecular flexibility index (Phi) is 10.6. The van der Waals surface area contributed by atoms with Crippen molar-refractivity contribution in [1.82, 2.24) is 0 Å². The molecule has 12 heteroatoms. The van der Waals surface area contributed by atoms with E-state index >= 15 is 0 Å². The molecule has 12 nitrogen and oxygen atoms in total. The molecule has 2 aliphatic rings. The van der Waals surface area contributed by atoms with E-state index in [1.165, 1.54) is 7.11 Å². The number of hydrogen-bond acceptors (Lipinski definition) is 12. The number of methoxy groups -OCH3 is 2. The van der Waals surface area contributed by atoms with Crippen LogP contribution in [0.1, 0.15) is 18.9 Å². The topological polar surface area (TPSA) is 170 Å². The molecule has 2 aliphatic heterocycles. The van der Waals surface area contributed by atoms with E-state index in [2.05, 4.69) is 0 Å². The fourth-order valence-corrected chi connectivity index (χ4v) is 4.23. The molecule has 1 fully saturated rings. The number of carbonyl (C=O) groups is 2. The molecule has 1 aromatic rings. The van der Waals surface area contributed by atoms with Crippen LogP contribution >= 0.6 is 0 Å². The summed E-state index contributed by atoms with van der Waals surface area (Å²) in [6.45, 7) is 1.12. The highest BCUT2D eigenvalue weighted by atomic mass is 16.8. The van der Waals surface area contributed by atoms with Crippen LogP contribution in [0.3, 0.4) is 0 Å². The Hall–Kier alpha value is -3.00. The van der Waals surface area contributed by atoms with E-state index in [0.29, 0.717) is 17.7 Å². The van der Waals surface area contributed by atoms with Gasteiger partial charge in [0.1, 0.15) is 30.2 Å². The molecule has 210 valence electrons. The van der Waals surface area contributed by atoms with E-state index in [-0.39, 0.29) is 18.6 Å². The molecule has 38 heavy (non-hydrogen) atoms. The second-order valence-corrected chi connectivity index (χ2v) is 8.73. The first kappa shape index (κ1) is 29.6. The Balaban J connectivity index is 1.69. The van der Waals surface area contributed by atoms with Gasteiger partial charge in [-0.25, -0.2) is 4.79 Å². The molecule has 3 rings (SSSR count). The van der Waals surface area contributed by atoms with Gasteiger partial charge in [-0.05, 0) is 24.6 Å². The van der Waals surface area contributed by atoms with Crippen LogP contribution in [0.25, 0.3) is 0 Å². The van der Waals surface area contributed by atoms with Crippen molar-refractivity contribution < 1.29 is 58.4 Å². The molecule has 0 spiro atoms. The number of benzene rings is 1. The predicted molar refractivity (Wildman–Crippen MR) is 129 cm³/mol. The highest BCUT2D eigenvalue weighted by molar-refractivity contribution is 5.90. The van der Waals surface area contributed by atoms with Gasteiger partial charge in [0.25, 0.3) is 0 Å². The third-order valence-electron chi connectivity index (χ3n) is 6.41. The fourth-order valence-electron chi connectivity index (χ4n) is 4.23. The maximum atomic E-state index is 12.7. The summed E-state index contributed by atoms with van der Waals surface area (Å²) < 4.78 is 32.0. The van der Waals surface area contributed by atoms with Crippen molar-refractivity contribution in [2.45, 2.75) is 56.8 Å². The monoisotopic (exact) mass is 538 g/mol. The van der Waals surface area contributed by atoms with Crippen molar-refractivity contribution in [1.29, 1.82) is 0 Å². The van der Waals surface area contributed by atoms with E-state index in [4.69, 9.17) is 28.4 Å². The maximum absolute atomic E-state index is 12.7. The molecule has 0 unspecified atom stereocenters. The van der Waals surface area contributed by atoms with Gasteiger partial charge in [-0.15, -0.1) is 0 Å². The summed E-state index contributed by atoms with van der Waals surface area (Å²) in [7, 11) is 2.77. The normalized spacial score (nSPS) is 30.2. The molecule has 0 saturated carbocycles. The third-order valence-corrected chi connectivity index (χ3v) is 6.41. The van der Waals surface area contributed by atoms with Gasteiger partial charge in [0.15, 0.2) is 6.29 Å². The zero-order valence-corrected chi connectivity index (χ0v) is 21.4. The molecule has 0 amide bonds. The fraction of sp³-hybridized carbons (Fsp3) is 0.538. The minimum Gasteiger partial charge on any atom is -0.497 e. The summed E-state index contributed by atoms with van der Waals surface area (Å²) in [5.41, 5.74) is 1.35. The summed E-state index contributed by atoms with van der Waals surface area (Å²) in [5.74, 6) is -1.42. The molecule has 1 aromatic carbocycles. The van der Waals surface area contributed by atoms with Gasteiger partial charge in [0.05, 0.1) is 45.7 Å². The second kappa shape index (κ2) is 13.7. The summed E-state index contributed by atoms with van der Waals surface area (Å²) in [6.07, 6.45) is -5.86. The minimum absolute atomic E-state index is 0.0568. The number of ether oxygens (including phenoxy) is 6. The van der Waals surface area contributed by atoms with Crippen molar-refractivity contribution in [3.8, 4) is 5.75 Å². The molecule has 4 N–H and O–H groups in total. The van der Waals surface area contributed by atoms with Crippen LogP contribution in [0.4, 0.5) is 0 Å². The largest absolute Gasteiger partial charge is 0.497 e. The van der Waals surface area contributed by atoms with Gasteiger partial charge in [-0.1, -0.05) is 18.2 Å². The predicted octanol–water partition coefficient (Wildman–Crippen LogP) is -0.0368. The third kappa shape index (κ3) is 6.90. The highest BCUT2D eigenvalue weighted by Gasteiger charge is 2.46. The molecule has 1 saturated heterocycles. The van der Waals surface area contributed by atoms with Crippen LogP contribution in [0.2, 0.25) is 0 Å². The lowest BCUT2D eigenvalue weighted by Crippen LogP contribution is -2.60. The van der Waals surface area contributed by atoms with Gasteiger partial charge in [-0.3, -0.25) is 4.79 Å². The SMILES string of the molecule is C/C=C1/[C@H](O[C@@H]2O[C@H](CO)[C@@H](O)[C@H](O)[C@H]2O)OC=C(C(=O)OC)[C@H]1CC(=O)OCCc1ccc(OC)cc1. The first-order valence-electron chi connectivity index (χ1n) is 12.1. The average Bonchev–Trinajstić information content (AvgIpc) is 2.93. The van der Waals surface area contributed by atoms with Crippen LogP contribution in [0.15, 0.2) is 47.7 Å². The molecule has 7 atom stereocenters. The number of allylic oxidation sites excluding steroid dienone is 1. The first-order valence-corrected chi connectivity index (χ1v) is 12.1. The zero-order chi connectivity index (χ0) is 27.8. The number of esters is 2. The lowest BCUT2D eigenvalue weighted by atomic mass is 9.86. The first-order chi connectivity index (χ1) is 18.2. The van der Waals surface area contributed by atoms with Gasteiger partial charge >= 0.3 is 11.9 Å². The van der Waals surface area contributed by atoms with Gasteiger partial charge in [0, 0.05) is 17.9 Å². The number of aliphatic hydroxyl groups is 4. The van der Waals surface area contributed by atoms with Crippen LogP contribution in [-0.4, -0.2) is 96.8 Å². The van der Waals surface area contributed by atoms with E-state index < -0.39 is 61.5 Å². The van der Waals surface area contributed by atoms with Crippen molar-refractivity contribution in [2.75, 3.05) is 27.4 Å². The van der Waals surface area contributed by atoms with Crippen LogP contribution in [0, 0.1) is 5.92 Å². The van der Waals surface area contributed by atoms with Crippen molar-refractivity contribution in [3.05, 3.63) is 53.3 Å². The Morgan fingerprint density at radius 3 is 2.37 bits per heavy atom. The summed E-state index contributed by atoms with van der Waals surface area (Å²) in [6, 6.07) is 7.34. The van der Waals surface area contributed by atoms with Gasteiger partial charge in [-0.2, -0.15) is 0 Å². The minimum atomic E-state index is -1.66. The molecule has 0 aliphatic carbocycles. The summed E-state index contributed by atoms with van der Waals surface area (Å²) in [5, 5.41) is 39.8. The van der Waals surface area contributed by atoms with Crippen molar-refractivity contribution in [2.24, 2.45) is 5.92 Å². The van der Waals surface area contributed by atoms with E-state index in [1.54, 1.807) is 32.2 Å².